The van der Waals surface area contributed by atoms with E-state index in [1.54, 1.807) is 0 Å². The number of hydrogen-bond acceptors (Lipinski definition) is 1. The van der Waals surface area contributed by atoms with E-state index in [9.17, 15) is 26.3 Å². The second-order valence-electron chi connectivity index (χ2n) is 7.80. The van der Waals surface area contributed by atoms with Crippen molar-refractivity contribution in [1.29, 1.82) is 0 Å². The zero-order valence-electron chi connectivity index (χ0n) is 14.2. The van der Waals surface area contributed by atoms with Gasteiger partial charge in [-0.15, -0.1) is 0 Å². The van der Waals surface area contributed by atoms with Crippen molar-refractivity contribution < 1.29 is 31.4 Å². The van der Waals surface area contributed by atoms with Crippen LogP contribution in [0.5, 0.6) is 0 Å². The lowest BCUT2D eigenvalue weighted by molar-refractivity contribution is -0.347. The van der Waals surface area contributed by atoms with E-state index in [4.69, 9.17) is 5.11 Å². The third-order valence-electron chi connectivity index (χ3n) is 3.18. The molecule has 23 heavy (non-hydrogen) atoms. The molecule has 0 saturated heterocycles. The van der Waals surface area contributed by atoms with Crippen LogP contribution in [0.15, 0.2) is 23.8 Å². The first-order valence-electron chi connectivity index (χ1n) is 7.06. The first kappa shape index (κ1) is 22.0. The lowest BCUT2D eigenvalue weighted by atomic mass is 9.76. The fraction of sp³-hybridized carbons (Fsp3) is 0.750. The molecule has 0 aromatic carbocycles. The Morgan fingerprint density at radius 3 is 1.48 bits per heavy atom. The lowest BCUT2D eigenvalue weighted by Gasteiger charge is -2.30. The van der Waals surface area contributed by atoms with Gasteiger partial charge in [-0.3, -0.25) is 0 Å². The molecule has 7 heteroatoms. The van der Waals surface area contributed by atoms with Crippen LogP contribution in [0.2, 0.25) is 0 Å². The van der Waals surface area contributed by atoms with E-state index < -0.39 is 23.4 Å². The van der Waals surface area contributed by atoms with Crippen LogP contribution in [0.3, 0.4) is 0 Å². The fourth-order valence-corrected chi connectivity index (χ4v) is 1.80. The SMILES string of the molecule is CC(C)(C)CC(=CC=CC(O)(C(F)(F)F)C(F)(F)F)C(C)(C)C. The highest BCUT2D eigenvalue weighted by molar-refractivity contribution is 5.23. The zero-order chi connectivity index (χ0) is 18.9. The van der Waals surface area contributed by atoms with E-state index >= 15 is 0 Å². The van der Waals surface area contributed by atoms with Crippen molar-refractivity contribution in [2.75, 3.05) is 0 Å². The first-order valence-corrected chi connectivity index (χ1v) is 7.06. The number of rotatable bonds is 3. The number of hydrogen-bond donors (Lipinski definition) is 1. The van der Waals surface area contributed by atoms with Gasteiger partial charge in [0.25, 0.3) is 5.60 Å². The summed E-state index contributed by atoms with van der Waals surface area (Å²) in [5, 5.41) is 9.07. The summed E-state index contributed by atoms with van der Waals surface area (Å²) in [6.45, 7) is 11.2. The molecule has 0 bridgehead atoms. The predicted octanol–water partition coefficient (Wildman–Crippen LogP) is 5.81. The molecule has 0 radical (unpaired) electrons. The molecule has 136 valence electrons. The van der Waals surface area contributed by atoms with E-state index in [-0.39, 0.29) is 11.5 Å². The number of halogens is 6. The van der Waals surface area contributed by atoms with Crippen molar-refractivity contribution in [3.63, 3.8) is 0 Å². The normalized spacial score (nSPS) is 16.3. The molecule has 0 aliphatic rings. The maximum atomic E-state index is 12.6. The molecule has 1 nitrogen and oxygen atoms in total. The summed E-state index contributed by atoms with van der Waals surface area (Å²) in [5.74, 6) is 0. The highest BCUT2D eigenvalue weighted by Crippen LogP contribution is 2.44. The van der Waals surface area contributed by atoms with Crippen LogP contribution in [0, 0.1) is 10.8 Å². The maximum Gasteiger partial charge on any atom is 0.430 e. The Morgan fingerprint density at radius 1 is 0.826 bits per heavy atom. The van der Waals surface area contributed by atoms with Gasteiger partial charge >= 0.3 is 12.4 Å². The zero-order valence-corrected chi connectivity index (χ0v) is 14.2. The van der Waals surface area contributed by atoms with Crippen LogP contribution in [0.1, 0.15) is 48.0 Å². The molecule has 0 fully saturated rings. The maximum absolute atomic E-state index is 12.6. The Kier molecular flexibility index (Phi) is 6.22. The number of aliphatic hydroxyl groups is 1. The van der Waals surface area contributed by atoms with E-state index in [1.165, 1.54) is 6.08 Å². The van der Waals surface area contributed by atoms with Crippen molar-refractivity contribution in [2.24, 2.45) is 10.8 Å². The van der Waals surface area contributed by atoms with Crippen LogP contribution in [0.4, 0.5) is 26.3 Å². The summed E-state index contributed by atoms with van der Waals surface area (Å²) in [6.07, 6.45) is -9.59. The van der Waals surface area contributed by atoms with Gasteiger partial charge in [0.2, 0.25) is 0 Å². The second kappa shape index (κ2) is 6.49. The van der Waals surface area contributed by atoms with Gasteiger partial charge in [0.1, 0.15) is 0 Å². The van der Waals surface area contributed by atoms with Gasteiger partial charge in [-0.2, -0.15) is 26.3 Å². The standard InChI is InChI=1S/C16H24F6O/c1-12(2,3)10-11(13(4,5)6)8-7-9-14(23,15(17,18)19)16(20,21)22/h7-9,23H,10H2,1-6H3. The van der Waals surface area contributed by atoms with Gasteiger partial charge in [-0.1, -0.05) is 59.3 Å². The third kappa shape index (κ3) is 6.20. The van der Waals surface area contributed by atoms with Gasteiger partial charge in [0, 0.05) is 0 Å². The van der Waals surface area contributed by atoms with Crippen LogP contribution in [0.25, 0.3) is 0 Å². The summed E-state index contributed by atoms with van der Waals surface area (Å²) in [4.78, 5) is 0. The summed E-state index contributed by atoms with van der Waals surface area (Å²) >= 11 is 0. The van der Waals surface area contributed by atoms with Crippen LogP contribution < -0.4 is 0 Å². The quantitative estimate of drug-likeness (QED) is 0.505. The van der Waals surface area contributed by atoms with E-state index in [2.05, 4.69) is 0 Å². The molecule has 0 saturated carbocycles. The Labute approximate surface area is 133 Å². The number of allylic oxidation sites excluding steroid dienone is 3. The minimum atomic E-state index is -5.85. The minimum Gasteiger partial charge on any atom is -0.370 e. The first-order chi connectivity index (χ1) is 9.81. The summed E-state index contributed by atoms with van der Waals surface area (Å²) in [5.41, 5.74) is -4.78. The van der Waals surface area contributed by atoms with Gasteiger partial charge in [0.05, 0.1) is 0 Å². The van der Waals surface area contributed by atoms with Crippen molar-refractivity contribution in [3.05, 3.63) is 23.8 Å². The Balaban J connectivity index is 5.76. The van der Waals surface area contributed by atoms with Gasteiger partial charge in [0.15, 0.2) is 0 Å². The predicted molar refractivity (Wildman–Crippen MR) is 77.8 cm³/mol. The van der Waals surface area contributed by atoms with Gasteiger partial charge in [-0.05, 0) is 23.3 Å². The molecule has 0 amide bonds. The van der Waals surface area contributed by atoms with E-state index in [1.807, 2.05) is 41.5 Å². The molecule has 0 heterocycles. The average Bonchev–Trinajstić information content (AvgIpc) is 2.21. The molecule has 0 aliphatic heterocycles. The van der Waals surface area contributed by atoms with Crippen LogP contribution in [-0.4, -0.2) is 23.1 Å². The minimum absolute atomic E-state index is 0.183. The van der Waals surface area contributed by atoms with Crippen molar-refractivity contribution in [3.8, 4) is 0 Å². The molecule has 0 unspecified atom stereocenters. The summed E-state index contributed by atoms with van der Waals surface area (Å²) in [7, 11) is 0. The lowest BCUT2D eigenvalue weighted by Crippen LogP contribution is -2.55. The van der Waals surface area contributed by atoms with Crippen molar-refractivity contribution in [1.82, 2.24) is 0 Å². The molecule has 0 spiro atoms. The topological polar surface area (TPSA) is 20.2 Å². The average molecular weight is 346 g/mol. The van der Waals surface area contributed by atoms with Crippen molar-refractivity contribution >= 4 is 0 Å². The highest BCUT2D eigenvalue weighted by atomic mass is 19.4. The Hall–Kier alpha value is -0.980. The molecule has 1 N–H and O–H groups in total. The van der Waals surface area contributed by atoms with E-state index in [0.29, 0.717) is 18.1 Å². The molecule has 0 rings (SSSR count). The second-order valence-corrected chi connectivity index (χ2v) is 7.80. The molecule has 0 atom stereocenters. The molecular formula is C16H24F6O. The Bertz CT molecular complexity index is 441. The number of alkyl halides is 6. The van der Waals surface area contributed by atoms with Gasteiger partial charge in [-0.25, -0.2) is 0 Å². The van der Waals surface area contributed by atoms with Crippen LogP contribution >= 0.6 is 0 Å². The molecule has 0 aliphatic carbocycles. The smallest absolute Gasteiger partial charge is 0.370 e. The molecular weight excluding hydrogens is 322 g/mol. The largest absolute Gasteiger partial charge is 0.430 e. The summed E-state index contributed by atoms with van der Waals surface area (Å²) < 4.78 is 75.5. The van der Waals surface area contributed by atoms with Crippen molar-refractivity contribution in [2.45, 2.75) is 65.9 Å². The molecule has 0 aromatic heterocycles. The molecule has 0 aromatic rings. The fourth-order valence-electron chi connectivity index (χ4n) is 1.80. The summed E-state index contributed by atoms with van der Waals surface area (Å²) in [6, 6.07) is 0. The van der Waals surface area contributed by atoms with E-state index in [0.717, 1.165) is 0 Å². The monoisotopic (exact) mass is 346 g/mol. The van der Waals surface area contributed by atoms with Crippen LogP contribution in [-0.2, 0) is 0 Å². The van der Waals surface area contributed by atoms with Gasteiger partial charge < -0.3 is 5.11 Å². The Morgan fingerprint density at radius 2 is 1.22 bits per heavy atom. The third-order valence-corrected chi connectivity index (χ3v) is 3.18. The highest BCUT2D eigenvalue weighted by Gasteiger charge is 2.68.